The molecule has 60 heavy (non-hydrogen) atoms. The van der Waals surface area contributed by atoms with E-state index < -0.39 is 49.5 Å². The molecule has 1 rings (SSSR count). The molecule has 7 atom stereocenters. The lowest BCUT2D eigenvalue weighted by atomic mass is 9.99. The molecule has 6 N–H and O–H groups in total. The average Bonchev–Trinajstić information content (AvgIpc) is 3.25. The number of hydrogen-bond donors (Lipinski definition) is 6. The van der Waals surface area contributed by atoms with E-state index in [1.807, 2.05) is 6.08 Å². The van der Waals surface area contributed by atoms with Crippen molar-refractivity contribution in [1.82, 2.24) is 5.32 Å². The van der Waals surface area contributed by atoms with E-state index in [1.54, 1.807) is 6.08 Å². The van der Waals surface area contributed by atoms with Gasteiger partial charge in [-0.25, -0.2) is 0 Å². The zero-order chi connectivity index (χ0) is 43.7. The van der Waals surface area contributed by atoms with Crippen LogP contribution in [-0.2, 0) is 14.3 Å². The van der Waals surface area contributed by atoms with Gasteiger partial charge < -0.3 is 40.3 Å². The van der Waals surface area contributed by atoms with E-state index in [-0.39, 0.29) is 12.5 Å². The number of aliphatic hydroxyl groups is 5. The molecule has 1 heterocycles. The van der Waals surface area contributed by atoms with Crippen LogP contribution in [0.5, 0.6) is 0 Å². The van der Waals surface area contributed by atoms with Crippen LogP contribution in [0.25, 0.3) is 0 Å². The Balaban J connectivity index is 2.26. The molecule has 1 amide bonds. The fourth-order valence-corrected chi connectivity index (χ4v) is 6.92. The zero-order valence-electron chi connectivity index (χ0n) is 37.7. The number of nitrogens with one attached hydrogen (secondary N) is 1. The van der Waals surface area contributed by atoms with E-state index in [1.165, 1.54) is 64.2 Å². The molecule has 344 valence electrons. The predicted octanol–water partition coefficient (Wildman–Crippen LogP) is 10.3. The maximum atomic E-state index is 12.9. The second-order valence-electron chi connectivity index (χ2n) is 16.2. The van der Waals surface area contributed by atoms with E-state index in [4.69, 9.17) is 9.47 Å². The lowest BCUT2D eigenvalue weighted by molar-refractivity contribution is -0.302. The van der Waals surface area contributed by atoms with Crippen molar-refractivity contribution >= 4 is 5.91 Å². The zero-order valence-corrected chi connectivity index (χ0v) is 37.7. The van der Waals surface area contributed by atoms with Crippen molar-refractivity contribution in [2.75, 3.05) is 13.2 Å². The molecular weight excluding hydrogens is 755 g/mol. The number of rotatable bonds is 38. The molecular formula is C51H87NO8. The van der Waals surface area contributed by atoms with Crippen LogP contribution in [0, 0.1) is 0 Å². The molecule has 0 saturated carbocycles. The molecule has 9 nitrogen and oxygen atoms in total. The number of carbonyl (C=O) groups is 1. The van der Waals surface area contributed by atoms with Crippen LogP contribution in [0.4, 0.5) is 0 Å². The lowest BCUT2D eigenvalue weighted by Crippen LogP contribution is -2.60. The molecule has 0 aromatic carbocycles. The van der Waals surface area contributed by atoms with Crippen LogP contribution in [0.2, 0.25) is 0 Å². The summed E-state index contributed by atoms with van der Waals surface area (Å²) < 4.78 is 11.2. The molecule has 0 radical (unpaired) electrons. The Morgan fingerprint density at radius 1 is 0.583 bits per heavy atom. The van der Waals surface area contributed by atoms with Gasteiger partial charge in [0.1, 0.15) is 24.4 Å². The normalized spacial score (nSPS) is 21.4. The highest BCUT2D eigenvalue weighted by Crippen LogP contribution is 2.22. The van der Waals surface area contributed by atoms with Crippen molar-refractivity contribution in [3.8, 4) is 0 Å². The largest absolute Gasteiger partial charge is 0.394 e. The quantitative estimate of drug-likeness (QED) is 0.0266. The van der Waals surface area contributed by atoms with Crippen LogP contribution >= 0.6 is 0 Å². The maximum Gasteiger partial charge on any atom is 0.220 e. The van der Waals surface area contributed by atoms with Crippen molar-refractivity contribution in [1.29, 1.82) is 0 Å². The van der Waals surface area contributed by atoms with E-state index >= 15 is 0 Å². The third kappa shape index (κ3) is 30.4. The van der Waals surface area contributed by atoms with Crippen molar-refractivity contribution in [3.05, 3.63) is 85.1 Å². The minimum atomic E-state index is -1.57. The van der Waals surface area contributed by atoms with E-state index in [9.17, 15) is 30.3 Å². The molecule has 1 aliphatic heterocycles. The third-order valence-corrected chi connectivity index (χ3v) is 10.7. The van der Waals surface area contributed by atoms with Gasteiger partial charge in [-0.3, -0.25) is 4.79 Å². The Labute approximate surface area is 365 Å². The summed E-state index contributed by atoms with van der Waals surface area (Å²) in [5.74, 6) is -0.192. The summed E-state index contributed by atoms with van der Waals surface area (Å²) in [7, 11) is 0. The number of carbonyl (C=O) groups excluding carboxylic acids is 1. The molecule has 1 fully saturated rings. The summed E-state index contributed by atoms with van der Waals surface area (Å²) in [5, 5.41) is 54.1. The number of amides is 1. The Morgan fingerprint density at radius 2 is 1.03 bits per heavy atom. The van der Waals surface area contributed by atoms with Gasteiger partial charge in [-0.15, -0.1) is 0 Å². The van der Waals surface area contributed by atoms with Crippen LogP contribution < -0.4 is 5.32 Å². The van der Waals surface area contributed by atoms with Crippen molar-refractivity contribution in [3.63, 3.8) is 0 Å². The van der Waals surface area contributed by atoms with Crippen LogP contribution in [0.15, 0.2) is 85.1 Å². The first kappa shape index (κ1) is 55.4. The Kier molecular flexibility index (Phi) is 37.3. The average molecular weight is 842 g/mol. The smallest absolute Gasteiger partial charge is 0.220 e. The first-order valence-corrected chi connectivity index (χ1v) is 23.8. The van der Waals surface area contributed by atoms with Gasteiger partial charge in [0.25, 0.3) is 0 Å². The molecule has 9 heteroatoms. The molecule has 0 spiro atoms. The van der Waals surface area contributed by atoms with Gasteiger partial charge in [0.2, 0.25) is 5.91 Å². The molecule has 0 bridgehead atoms. The number of hydrogen-bond acceptors (Lipinski definition) is 8. The second kappa shape index (κ2) is 40.4. The minimum absolute atomic E-state index is 0.192. The molecule has 1 aliphatic rings. The first-order chi connectivity index (χ1) is 29.3. The summed E-state index contributed by atoms with van der Waals surface area (Å²) in [5.41, 5.74) is 0. The number of ether oxygens (including phenoxy) is 2. The molecule has 0 aromatic rings. The number of allylic oxidation sites excluding steroid dienone is 13. The fraction of sp³-hybridized carbons (Fsp3) is 0.706. The summed E-state index contributed by atoms with van der Waals surface area (Å²) >= 11 is 0. The van der Waals surface area contributed by atoms with Crippen LogP contribution in [0.3, 0.4) is 0 Å². The van der Waals surface area contributed by atoms with Gasteiger partial charge in [0, 0.05) is 6.42 Å². The highest BCUT2D eigenvalue weighted by molar-refractivity contribution is 5.76. The monoisotopic (exact) mass is 842 g/mol. The molecule has 0 aliphatic carbocycles. The Bertz CT molecular complexity index is 1210. The van der Waals surface area contributed by atoms with Gasteiger partial charge in [-0.05, 0) is 70.6 Å². The highest BCUT2D eigenvalue weighted by atomic mass is 16.7. The topological polar surface area (TPSA) is 149 Å². The van der Waals surface area contributed by atoms with E-state index in [0.717, 1.165) is 89.9 Å². The summed E-state index contributed by atoms with van der Waals surface area (Å²) in [6, 6.07) is -0.812. The lowest BCUT2D eigenvalue weighted by Gasteiger charge is -2.40. The maximum absolute atomic E-state index is 12.9. The fourth-order valence-electron chi connectivity index (χ4n) is 6.92. The Hall–Kier alpha value is -2.63. The van der Waals surface area contributed by atoms with Gasteiger partial charge in [-0.1, -0.05) is 182 Å². The molecule has 1 saturated heterocycles. The van der Waals surface area contributed by atoms with Gasteiger partial charge >= 0.3 is 0 Å². The SMILES string of the molecule is CC/C=C\C/C=C\C/C=C\C/C=C\C/C=C\C/C=C\CCCCCCCCCCC(=O)NC(COC1OC(CO)C(O)C(O)C1O)C(O)/C=C/CCCCCCCCCC. The van der Waals surface area contributed by atoms with Crippen LogP contribution in [0.1, 0.15) is 174 Å². The van der Waals surface area contributed by atoms with E-state index in [0.29, 0.717) is 6.42 Å². The minimum Gasteiger partial charge on any atom is -0.394 e. The van der Waals surface area contributed by atoms with E-state index in [2.05, 4.69) is 92.1 Å². The van der Waals surface area contributed by atoms with Crippen molar-refractivity contribution < 1.29 is 39.8 Å². The first-order valence-electron chi connectivity index (χ1n) is 23.8. The third-order valence-electron chi connectivity index (χ3n) is 10.7. The summed E-state index contributed by atoms with van der Waals surface area (Å²) in [6.07, 6.45) is 49.2. The van der Waals surface area contributed by atoms with Crippen molar-refractivity contribution in [2.45, 2.75) is 217 Å². The molecule has 7 unspecified atom stereocenters. The Morgan fingerprint density at radius 3 is 1.53 bits per heavy atom. The summed E-state index contributed by atoms with van der Waals surface area (Å²) in [4.78, 5) is 12.9. The standard InChI is InChI=1S/C51H87NO8/c1-3-5-7-9-11-13-15-16-17-18-19-20-21-22-23-24-25-26-27-28-29-30-31-33-35-37-39-41-47(55)52-44(43-59-51-50(58)49(57)48(56)46(42-53)60-51)45(54)40-38-36-34-32-14-12-10-8-6-4-2/h5,7,11,13,16-17,19-20,22-23,25-26,38,40,44-46,48-51,53-54,56-58H,3-4,6,8-10,12,14-15,18,21,24,27-37,39,41-43H2,1-2H3,(H,52,55)/b7-5-,13-11-,17-16-,20-19-,23-22-,26-25-,40-38+. The van der Waals surface area contributed by atoms with Crippen molar-refractivity contribution in [2.24, 2.45) is 0 Å². The van der Waals surface area contributed by atoms with Gasteiger partial charge in [-0.2, -0.15) is 0 Å². The number of unbranched alkanes of at least 4 members (excludes halogenated alkanes) is 16. The summed E-state index contributed by atoms with van der Waals surface area (Å²) in [6.45, 7) is 3.61. The predicted molar refractivity (Wildman–Crippen MR) is 248 cm³/mol. The van der Waals surface area contributed by atoms with Gasteiger partial charge in [0.15, 0.2) is 6.29 Å². The molecule has 0 aromatic heterocycles. The number of aliphatic hydroxyl groups excluding tert-OH is 5. The van der Waals surface area contributed by atoms with Gasteiger partial charge in [0.05, 0.1) is 25.4 Å². The highest BCUT2D eigenvalue weighted by Gasteiger charge is 2.44. The second-order valence-corrected chi connectivity index (χ2v) is 16.2. The van der Waals surface area contributed by atoms with Crippen LogP contribution in [-0.4, -0.2) is 87.5 Å².